The van der Waals surface area contributed by atoms with Crippen molar-refractivity contribution in [3.8, 4) is 5.69 Å². The molecule has 31 heavy (non-hydrogen) atoms. The molecule has 1 aromatic carbocycles. The van der Waals surface area contributed by atoms with Crippen LogP contribution in [0.2, 0.25) is 0 Å². The van der Waals surface area contributed by atoms with Gasteiger partial charge in [-0.15, -0.1) is 0 Å². The molecule has 0 spiro atoms. The van der Waals surface area contributed by atoms with Crippen molar-refractivity contribution < 1.29 is 4.79 Å². The van der Waals surface area contributed by atoms with Crippen molar-refractivity contribution in [2.75, 3.05) is 13.1 Å². The van der Waals surface area contributed by atoms with E-state index in [-0.39, 0.29) is 11.8 Å². The van der Waals surface area contributed by atoms with Crippen LogP contribution in [0, 0.1) is 6.92 Å². The molecule has 0 atom stereocenters. The van der Waals surface area contributed by atoms with Crippen LogP contribution in [0.1, 0.15) is 90.5 Å². The molecule has 0 bridgehead atoms. The molecule has 1 aliphatic heterocycles. The van der Waals surface area contributed by atoms with Crippen LogP contribution in [-0.2, 0) is 0 Å². The first-order valence-corrected chi connectivity index (χ1v) is 11.4. The Morgan fingerprint density at radius 1 is 1.06 bits per heavy atom. The van der Waals surface area contributed by atoms with Gasteiger partial charge in [-0.05, 0) is 50.7 Å². The molecule has 162 valence electrons. The molecule has 1 saturated carbocycles. The minimum absolute atomic E-state index is 0.0803. The minimum Gasteiger partial charge on any atom is -0.338 e. The van der Waals surface area contributed by atoms with Gasteiger partial charge in [-0.25, -0.2) is 9.67 Å². The first-order chi connectivity index (χ1) is 15.0. The summed E-state index contributed by atoms with van der Waals surface area (Å²) in [7, 11) is 0. The summed E-state index contributed by atoms with van der Waals surface area (Å²) in [5, 5.41) is 12.1. The largest absolute Gasteiger partial charge is 0.338 e. The average Bonchev–Trinajstić information content (AvgIpc) is 3.34. The predicted octanol–water partition coefficient (Wildman–Crippen LogP) is 4.32. The fourth-order valence-corrected chi connectivity index (χ4v) is 4.49. The average molecular weight is 419 g/mol. The number of carbonyl (C=O) groups is 1. The Kier molecular flexibility index (Phi) is 5.12. The van der Waals surface area contributed by atoms with Gasteiger partial charge in [0.25, 0.3) is 5.91 Å². The van der Waals surface area contributed by atoms with E-state index in [4.69, 9.17) is 4.98 Å². The summed E-state index contributed by atoms with van der Waals surface area (Å²) in [6.45, 7) is 7.77. The lowest BCUT2D eigenvalue weighted by molar-refractivity contribution is 0.0709. The van der Waals surface area contributed by atoms with Crippen LogP contribution in [0.4, 0.5) is 0 Å². The maximum absolute atomic E-state index is 13.4. The summed E-state index contributed by atoms with van der Waals surface area (Å²) >= 11 is 0. The smallest absolute Gasteiger partial charge is 0.257 e. The fourth-order valence-electron chi connectivity index (χ4n) is 4.49. The lowest BCUT2D eigenvalue weighted by Gasteiger charge is -2.31. The van der Waals surface area contributed by atoms with Crippen LogP contribution in [0.3, 0.4) is 0 Å². The third-order valence-corrected chi connectivity index (χ3v) is 6.49. The zero-order valence-electron chi connectivity index (χ0n) is 18.5. The molecular formula is C24H30N6O. The zero-order valence-corrected chi connectivity index (χ0v) is 18.5. The van der Waals surface area contributed by atoms with Crippen molar-refractivity contribution in [1.82, 2.24) is 29.9 Å². The highest BCUT2D eigenvalue weighted by molar-refractivity contribution is 5.95. The Balaban J connectivity index is 1.31. The van der Waals surface area contributed by atoms with Gasteiger partial charge in [0.15, 0.2) is 5.82 Å². The normalized spacial score (nSPS) is 17.5. The predicted molar refractivity (Wildman–Crippen MR) is 119 cm³/mol. The van der Waals surface area contributed by atoms with Gasteiger partial charge in [0, 0.05) is 24.9 Å². The van der Waals surface area contributed by atoms with E-state index in [9.17, 15) is 4.79 Å². The number of likely N-dealkylation sites (tertiary alicyclic amines) is 1. The fraction of sp³-hybridized carbons (Fsp3) is 0.500. The van der Waals surface area contributed by atoms with E-state index in [0.29, 0.717) is 17.4 Å². The molecule has 0 unspecified atom stereocenters. The zero-order chi connectivity index (χ0) is 21.5. The second-order valence-electron chi connectivity index (χ2n) is 9.27. The van der Waals surface area contributed by atoms with Crippen LogP contribution >= 0.6 is 0 Å². The number of carbonyl (C=O) groups excluding carboxylic acids is 1. The number of H-pyrrole nitrogens is 1. The number of aryl methyl sites for hydroxylation is 1. The molecule has 1 N–H and O–H groups in total. The van der Waals surface area contributed by atoms with Gasteiger partial charge in [-0.2, -0.15) is 10.2 Å². The highest BCUT2D eigenvalue weighted by atomic mass is 16.2. The Labute approximate surface area is 182 Å². The van der Waals surface area contributed by atoms with E-state index in [1.165, 1.54) is 18.4 Å². The summed E-state index contributed by atoms with van der Waals surface area (Å²) in [5.41, 5.74) is 3.88. The van der Waals surface area contributed by atoms with Crippen LogP contribution in [0.5, 0.6) is 0 Å². The maximum Gasteiger partial charge on any atom is 0.257 e. The van der Waals surface area contributed by atoms with Crippen molar-refractivity contribution in [3.63, 3.8) is 0 Å². The molecule has 3 heterocycles. The minimum atomic E-state index is 0.0803. The molecule has 2 aliphatic rings. The van der Waals surface area contributed by atoms with Crippen molar-refractivity contribution in [1.29, 1.82) is 0 Å². The van der Waals surface area contributed by atoms with Gasteiger partial charge >= 0.3 is 0 Å². The van der Waals surface area contributed by atoms with E-state index in [2.05, 4.69) is 60.3 Å². The van der Waals surface area contributed by atoms with Crippen LogP contribution in [0.25, 0.3) is 5.69 Å². The lowest BCUT2D eigenvalue weighted by Crippen LogP contribution is -2.38. The number of benzene rings is 1. The van der Waals surface area contributed by atoms with Crippen molar-refractivity contribution in [2.45, 2.75) is 64.2 Å². The SMILES string of the molecule is Cc1ccc(-n2ncc(C(=O)N3CCC(c4nc(C5CC5)n[nH]4)CC3)c2C(C)C)cc1. The van der Waals surface area contributed by atoms with Crippen LogP contribution in [0.15, 0.2) is 30.5 Å². The number of piperidine rings is 1. The molecule has 5 rings (SSSR count). The molecule has 7 nitrogen and oxygen atoms in total. The third-order valence-electron chi connectivity index (χ3n) is 6.49. The molecule has 2 aromatic heterocycles. The topological polar surface area (TPSA) is 79.7 Å². The summed E-state index contributed by atoms with van der Waals surface area (Å²) in [4.78, 5) is 20.1. The van der Waals surface area contributed by atoms with Gasteiger partial charge < -0.3 is 4.90 Å². The van der Waals surface area contributed by atoms with E-state index in [1.807, 2.05) is 9.58 Å². The number of rotatable bonds is 5. The first-order valence-electron chi connectivity index (χ1n) is 11.4. The Morgan fingerprint density at radius 2 is 1.77 bits per heavy atom. The summed E-state index contributed by atoms with van der Waals surface area (Å²) in [6.07, 6.45) is 5.97. The molecule has 1 amide bonds. The highest BCUT2D eigenvalue weighted by Gasteiger charge is 2.32. The summed E-state index contributed by atoms with van der Waals surface area (Å²) in [5.74, 6) is 3.14. The number of amides is 1. The molecular weight excluding hydrogens is 388 g/mol. The number of aromatic nitrogens is 5. The number of hydrogen-bond donors (Lipinski definition) is 1. The van der Waals surface area contributed by atoms with Gasteiger partial charge in [0.2, 0.25) is 0 Å². The number of aromatic amines is 1. The summed E-state index contributed by atoms with van der Waals surface area (Å²) < 4.78 is 1.91. The third kappa shape index (κ3) is 3.89. The monoisotopic (exact) mass is 418 g/mol. The molecule has 7 heteroatoms. The standard InChI is InChI=1S/C24H30N6O/c1-15(2)21-20(14-25-30(21)19-8-4-16(3)5-9-19)24(31)29-12-10-18(11-13-29)23-26-22(27-28-23)17-6-7-17/h4-5,8-9,14-15,17-18H,6-7,10-13H2,1-3H3,(H,26,27,28). The number of hydrogen-bond acceptors (Lipinski definition) is 4. The second-order valence-corrected chi connectivity index (χ2v) is 9.27. The molecule has 3 aromatic rings. The maximum atomic E-state index is 13.4. The quantitative estimate of drug-likeness (QED) is 0.669. The van der Waals surface area contributed by atoms with Gasteiger partial charge in [0.05, 0.1) is 23.1 Å². The van der Waals surface area contributed by atoms with Crippen molar-refractivity contribution in [3.05, 3.63) is 58.9 Å². The van der Waals surface area contributed by atoms with Crippen molar-refractivity contribution >= 4 is 5.91 Å². The lowest BCUT2D eigenvalue weighted by atomic mass is 9.95. The summed E-state index contributed by atoms with van der Waals surface area (Å²) in [6, 6.07) is 8.26. The highest BCUT2D eigenvalue weighted by Crippen LogP contribution is 2.38. The number of nitrogens with one attached hydrogen (secondary N) is 1. The van der Waals surface area contributed by atoms with Crippen LogP contribution < -0.4 is 0 Å². The van der Waals surface area contributed by atoms with E-state index in [0.717, 1.165) is 49.0 Å². The Morgan fingerprint density at radius 3 is 2.42 bits per heavy atom. The van der Waals surface area contributed by atoms with Crippen LogP contribution in [-0.4, -0.2) is 48.9 Å². The van der Waals surface area contributed by atoms with Gasteiger partial charge in [-0.3, -0.25) is 9.89 Å². The molecule has 1 aliphatic carbocycles. The molecule has 1 saturated heterocycles. The second kappa shape index (κ2) is 7.94. The van der Waals surface area contributed by atoms with E-state index in [1.54, 1.807) is 6.20 Å². The van der Waals surface area contributed by atoms with Gasteiger partial charge in [0.1, 0.15) is 5.82 Å². The van der Waals surface area contributed by atoms with E-state index >= 15 is 0 Å². The Hall–Kier alpha value is -2.96. The molecule has 2 fully saturated rings. The van der Waals surface area contributed by atoms with Gasteiger partial charge in [-0.1, -0.05) is 31.5 Å². The Bertz CT molecular complexity index is 1070. The first kappa shape index (κ1) is 20.0. The molecule has 0 radical (unpaired) electrons. The van der Waals surface area contributed by atoms with Crippen molar-refractivity contribution in [2.24, 2.45) is 0 Å². The number of nitrogens with zero attached hydrogens (tertiary/aromatic N) is 5. The van der Waals surface area contributed by atoms with E-state index < -0.39 is 0 Å².